The molecule has 1 aliphatic rings. The van der Waals surface area contributed by atoms with E-state index in [-0.39, 0.29) is 0 Å². The normalized spacial score (nSPS) is 20.4. The van der Waals surface area contributed by atoms with E-state index in [0.29, 0.717) is 24.2 Å². The SMILES string of the molecule is COc1ccc2c(c1)CCC(F)C2=O. The number of hydrogen-bond acceptors (Lipinski definition) is 2. The van der Waals surface area contributed by atoms with Crippen molar-refractivity contribution >= 4 is 5.78 Å². The molecule has 1 atom stereocenters. The zero-order valence-electron chi connectivity index (χ0n) is 7.92. The van der Waals surface area contributed by atoms with Gasteiger partial charge in [0.15, 0.2) is 12.0 Å². The van der Waals surface area contributed by atoms with Gasteiger partial charge in [0, 0.05) is 5.56 Å². The molecule has 0 bridgehead atoms. The zero-order valence-corrected chi connectivity index (χ0v) is 7.92. The number of ether oxygens (including phenoxy) is 1. The lowest BCUT2D eigenvalue weighted by atomic mass is 9.89. The predicted octanol–water partition coefficient (Wildman–Crippen LogP) is 2.16. The van der Waals surface area contributed by atoms with Crippen molar-refractivity contribution in [3.05, 3.63) is 29.3 Å². The van der Waals surface area contributed by atoms with E-state index >= 15 is 0 Å². The van der Waals surface area contributed by atoms with Crippen LogP contribution in [0.25, 0.3) is 0 Å². The van der Waals surface area contributed by atoms with Gasteiger partial charge in [-0.1, -0.05) is 0 Å². The Morgan fingerprint density at radius 3 is 3.00 bits per heavy atom. The highest BCUT2D eigenvalue weighted by Crippen LogP contribution is 2.26. The molecular weight excluding hydrogens is 183 g/mol. The molecule has 0 radical (unpaired) electrons. The quantitative estimate of drug-likeness (QED) is 0.684. The lowest BCUT2D eigenvalue weighted by Gasteiger charge is -2.18. The number of carbonyl (C=O) groups is 1. The highest BCUT2D eigenvalue weighted by atomic mass is 19.1. The Morgan fingerprint density at radius 1 is 1.50 bits per heavy atom. The summed E-state index contributed by atoms with van der Waals surface area (Å²) in [5.41, 5.74) is 1.40. The molecule has 2 rings (SSSR count). The Morgan fingerprint density at radius 2 is 2.29 bits per heavy atom. The summed E-state index contributed by atoms with van der Waals surface area (Å²) in [5, 5.41) is 0. The smallest absolute Gasteiger partial charge is 0.197 e. The van der Waals surface area contributed by atoms with Crippen LogP contribution in [0.4, 0.5) is 4.39 Å². The molecule has 0 N–H and O–H groups in total. The van der Waals surface area contributed by atoms with E-state index in [0.717, 1.165) is 5.56 Å². The maximum atomic E-state index is 13.1. The number of Topliss-reactive ketones (excluding diaryl/α,β-unsaturated/α-hetero) is 1. The minimum absolute atomic E-state index is 0.291. The van der Waals surface area contributed by atoms with Gasteiger partial charge in [0.1, 0.15) is 5.75 Å². The number of fused-ring (bicyclic) bond motifs is 1. The van der Waals surface area contributed by atoms with Gasteiger partial charge in [0.25, 0.3) is 0 Å². The molecule has 3 heteroatoms. The number of carbonyl (C=O) groups excluding carboxylic acids is 1. The molecule has 0 fully saturated rings. The standard InChI is InChI=1S/C11H11FO2/c1-14-8-3-4-9-7(6-8)2-5-10(12)11(9)13/h3-4,6,10H,2,5H2,1H3. The molecule has 1 unspecified atom stereocenters. The number of halogens is 1. The number of aryl methyl sites for hydroxylation is 1. The van der Waals surface area contributed by atoms with Crippen LogP contribution in [0.3, 0.4) is 0 Å². The van der Waals surface area contributed by atoms with Crippen LogP contribution in [0.15, 0.2) is 18.2 Å². The van der Waals surface area contributed by atoms with E-state index in [9.17, 15) is 9.18 Å². The highest BCUT2D eigenvalue weighted by molar-refractivity contribution is 6.01. The van der Waals surface area contributed by atoms with Gasteiger partial charge >= 0.3 is 0 Å². The Kier molecular flexibility index (Phi) is 2.23. The highest BCUT2D eigenvalue weighted by Gasteiger charge is 2.26. The molecule has 0 aromatic heterocycles. The lowest BCUT2D eigenvalue weighted by molar-refractivity contribution is 0.0856. The molecule has 2 nitrogen and oxygen atoms in total. The number of alkyl halides is 1. The van der Waals surface area contributed by atoms with Gasteiger partial charge in [-0.15, -0.1) is 0 Å². The van der Waals surface area contributed by atoms with E-state index in [2.05, 4.69) is 0 Å². The Hall–Kier alpha value is -1.38. The average Bonchev–Trinajstić information content (AvgIpc) is 2.23. The predicted molar refractivity (Wildman–Crippen MR) is 50.5 cm³/mol. The molecular formula is C11H11FO2. The van der Waals surface area contributed by atoms with Crippen LogP contribution in [0.1, 0.15) is 22.3 Å². The fraction of sp³-hybridized carbons (Fsp3) is 0.364. The van der Waals surface area contributed by atoms with Gasteiger partial charge in [-0.2, -0.15) is 0 Å². The minimum Gasteiger partial charge on any atom is -0.497 e. The van der Waals surface area contributed by atoms with Crippen molar-refractivity contribution in [3.8, 4) is 5.75 Å². The van der Waals surface area contributed by atoms with Crippen molar-refractivity contribution in [1.82, 2.24) is 0 Å². The van der Waals surface area contributed by atoms with Crippen LogP contribution in [-0.4, -0.2) is 19.1 Å². The van der Waals surface area contributed by atoms with Gasteiger partial charge in [0.2, 0.25) is 0 Å². The molecule has 1 aliphatic carbocycles. The van der Waals surface area contributed by atoms with Gasteiger partial charge in [-0.25, -0.2) is 4.39 Å². The van der Waals surface area contributed by atoms with Crippen molar-refractivity contribution in [2.45, 2.75) is 19.0 Å². The van der Waals surface area contributed by atoms with Crippen LogP contribution in [-0.2, 0) is 6.42 Å². The van der Waals surface area contributed by atoms with Gasteiger partial charge in [-0.05, 0) is 36.6 Å². The largest absolute Gasteiger partial charge is 0.497 e. The van der Waals surface area contributed by atoms with Crippen molar-refractivity contribution < 1.29 is 13.9 Å². The number of methoxy groups -OCH3 is 1. The van der Waals surface area contributed by atoms with E-state index in [1.807, 2.05) is 0 Å². The van der Waals surface area contributed by atoms with Crippen molar-refractivity contribution in [2.24, 2.45) is 0 Å². The van der Waals surface area contributed by atoms with E-state index < -0.39 is 12.0 Å². The van der Waals surface area contributed by atoms with Crippen LogP contribution < -0.4 is 4.74 Å². The summed E-state index contributed by atoms with van der Waals surface area (Å²) in [5.74, 6) is 0.322. The molecule has 0 heterocycles. The van der Waals surface area contributed by atoms with Gasteiger partial charge in [0.05, 0.1) is 7.11 Å². The second kappa shape index (κ2) is 3.40. The maximum Gasteiger partial charge on any atom is 0.197 e. The average molecular weight is 194 g/mol. The number of benzene rings is 1. The fourth-order valence-corrected chi connectivity index (χ4v) is 1.73. The van der Waals surface area contributed by atoms with Crippen molar-refractivity contribution in [1.29, 1.82) is 0 Å². The third kappa shape index (κ3) is 1.39. The van der Waals surface area contributed by atoms with Crippen molar-refractivity contribution in [2.75, 3.05) is 7.11 Å². The first-order chi connectivity index (χ1) is 6.72. The number of rotatable bonds is 1. The number of ketones is 1. The Balaban J connectivity index is 2.44. The summed E-state index contributed by atoms with van der Waals surface area (Å²) in [6.07, 6.45) is -0.422. The summed E-state index contributed by atoms with van der Waals surface area (Å²) < 4.78 is 18.1. The first kappa shape index (κ1) is 9.19. The minimum atomic E-state index is -1.32. The van der Waals surface area contributed by atoms with E-state index in [4.69, 9.17) is 4.74 Å². The molecule has 0 saturated heterocycles. The Labute approximate surface area is 81.7 Å². The molecule has 0 aliphatic heterocycles. The van der Waals surface area contributed by atoms with E-state index in [1.54, 1.807) is 25.3 Å². The molecule has 74 valence electrons. The van der Waals surface area contributed by atoms with Crippen LogP contribution >= 0.6 is 0 Å². The molecule has 0 amide bonds. The molecule has 1 aromatic carbocycles. The Bertz CT molecular complexity index is 374. The zero-order chi connectivity index (χ0) is 10.1. The summed E-state index contributed by atoms with van der Waals surface area (Å²) in [4.78, 5) is 11.4. The third-order valence-corrected chi connectivity index (χ3v) is 2.53. The van der Waals surface area contributed by atoms with E-state index in [1.165, 1.54) is 0 Å². The monoisotopic (exact) mass is 194 g/mol. The summed E-state index contributed by atoms with van der Waals surface area (Å²) >= 11 is 0. The maximum absolute atomic E-state index is 13.1. The second-order valence-electron chi connectivity index (χ2n) is 3.39. The second-order valence-corrected chi connectivity index (χ2v) is 3.39. The first-order valence-corrected chi connectivity index (χ1v) is 4.57. The molecule has 1 aromatic rings. The lowest BCUT2D eigenvalue weighted by Crippen LogP contribution is -2.23. The summed E-state index contributed by atoms with van der Waals surface area (Å²) in [6, 6.07) is 5.14. The van der Waals surface area contributed by atoms with Crippen LogP contribution in [0.2, 0.25) is 0 Å². The summed E-state index contributed by atoms with van der Waals surface area (Å²) in [7, 11) is 1.57. The molecule has 14 heavy (non-hydrogen) atoms. The topological polar surface area (TPSA) is 26.3 Å². The third-order valence-electron chi connectivity index (χ3n) is 2.53. The molecule has 0 spiro atoms. The first-order valence-electron chi connectivity index (χ1n) is 4.57. The molecule has 0 saturated carbocycles. The van der Waals surface area contributed by atoms with Gasteiger partial charge < -0.3 is 4.74 Å². The fourth-order valence-electron chi connectivity index (χ4n) is 1.73. The van der Waals surface area contributed by atoms with Crippen molar-refractivity contribution in [3.63, 3.8) is 0 Å². The van der Waals surface area contributed by atoms with Crippen LogP contribution in [0, 0.1) is 0 Å². The van der Waals surface area contributed by atoms with Gasteiger partial charge in [-0.3, -0.25) is 4.79 Å². The summed E-state index contributed by atoms with van der Waals surface area (Å²) in [6.45, 7) is 0. The number of hydrogen-bond donors (Lipinski definition) is 0. The van der Waals surface area contributed by atoms with Crippen LogP contribution in [0.5, 0.6) is 5.75 Å².